The summed E-state index contributed by atoms with van der Waals surface area (Å²) in [6.07, 6.45) is 2.89. The van der Waals surface area contributed by atoms with Gasteiger partial charge >= 0.3 is 12.0 Å². The lowest BCUT2D eigenvalue weighted by molar-refractivity contribution is -0.139. The number of benzene rings is 4. The highest BCUT2D eigenvalue weighted by Crippen LogP contribution is 2.41. The van der Waals surface area contributed by atoms with Crippen LogP contribution in [0.1, 0.15) is 40.3 Å². The molecule has 1 aliphatic rings. The molecule has 5 rings (SSSR count). The maximum Gasteiger partial charge on any atom is 0.319 e. The summed E-state index contributed by atoms with van der Waals surface area (Å²) in [5, 5.41) is 5.54. The topological polar surface area (TPSA) is 87.7 Å². The average Bonchev–Trinajstić information content (AvgIpc) is 3.04. The van der Waals surface area contributed by atoms with Gasteiger partial charge in [-0.05, 0) is 65.1 Å². The van der Waals surface area contributed by atoms with Crippen molar-refractivity contribution in [3.8, 4) is 0 Å². The van der Waals surface area contributed by atoms with E-state index in [0.29, 0.717) is 12.2 Å². The van der Waals surface area contributed by atoms with E-state index >= 15 is 0 Å². The molecule has 4 aromatic rings. The van der Waals surface area contributed by atoms with E-state index in [1.54, 1.807) is 24.3 Å². The Bertz CT molecular complexity index is 1540. The molecule has 3 amide bonds. The van der Waals surface area contributed by atoms with Crippen LogP contribution in [0.5, 0.6) is 0 Å². The highest BCUT2D eigenvalue weighted by atomic mass is 16.5. The maximum absolute atomic E-state index is 14.1. The monoisotopic (exact) mass is 575 g/mol. The first-order valence-electron chi connectivity index (χ1n) is 14.7. The average molecular weight is 576 g/mol. The number of esters is 1. The van der Waals surface area contributed by atoms with Gasteiger partial charge in [0.05, 0.1) is 26.1 Å². The lowest BCUT2D eigenvalue weighted by Gasteiger charge is -2.42. The summed E-state index contributed by atoms with van der Waals surface area (Å²) < 4.78 is 4.74. The van der Waals surface area contributed by atoms with Gasteiger partial charge in [-0.25, -0.2) is 4.79 Å². The minimum atomic E-state index is -0.492. The molecule has 0 saturated heterocycles. The molecule has 2 atom stereocenters. The summed E-state index contributed by atoms with van der Waals surface area (Å²) >= 11 is 0. The van der Waals surface area contributed by atoms with Gasteiger partial charge in [0.1, 0.15) is 0 Å². The van der Waals surface area contributed by atoms with Crippen molar-refractivity contribution in [2.24, 2.45) is 5.92 Å². The molecular weight excluding hydrogens is 538 g/mol. The van der Waals surface area contributed by atoms with Crippen LogP contribution in [0, 0.1) is 5.92 Å². The van der Waals surface area contributed by atoms with Crippen LogP contribution in [-0.4, -0.2) is 36.5 Å². The van der Waals surface area contributed by atoms with Crippen molar-refractivity contribution in [1.82, 2.24) is 10.2 Å². The van der Waals surface area contributed by atoms with Crippen LogP contribution in [0.15, 0.2) is 109 Å². The van der Waals surface area contributed by atoms with Gasteiger partial charge in [0.2, 0.25) is 5.91 Å². The Morgan fingerprint density at radius 3 is 2.23 bits per heavy atom. The number of anilines is 1. The highest BCUT2D eigenvalue weighted by molar-refractivity contribution is 5.92. The van der Waals surface area contributed by atoms with E-state index in [4.69, 9.17) is 4.74 Å². The molecule has 0 saturated carbocycles. The van der Waals surface area contributed by atoms with Crippen LogP contribution < -0.4 is 10.6 Å². The second-order valence-electron chi connectivity index (χ2n) is 10.9. The zero-order valence-corrected chi connectivity index (χ0v) is 24.4. The molecule has 1 aliphatic carbocycles. The van der Waals surface area contributed by atoms with E-state index < -0.39 is 6.03 Å². The summed E-state index contributed by atoms with van der Waals surface area (Å²) in [5.41, 5.74) is 5.96. The summed E-state index contributed by atoms with van der Waals surface area (Å²) in [6, 6.07) is 35.2. The predicted octanol–water partition coefficient (Wildman–Crippen LogP) is 6.10. The number of hydrogen-bond donors (Lipinski definition) is 2. The number of urea groups is 1. The van der Waals surface area contributed by atoms with Gasteiger partial charge in [-0.1, -0.05) is 97.1 Å². The van der Waals surface area contributed by atoms with Crippen molar-refractivity contribution >= 4 is 23.6 Å². The largest absolute Gasteiger partial charge is 0.469 e. The Kier molecular flexibility index (Phi) is 9.85. The number of carbonyl (C=O) groups is 3. The van der Waals surface area contributed by atoms with Crippen molar-refractivity contribution in [1.29, 1.82) is 0 Å². The van der Waals surface area contributed by atoms with Crippen molar-refractivity contribution in [2.45, 2.75) is 38.3 Å². The number of rotatable bonds is 10. The molecule has 4 aromatic carbocycles. The lowest BCUT2D eigenvalue weighted by atomic mass is 9.76. The minimum Gasteiger partial charge on any atom is -0.469 e. The fourth-order valence-electron chi connectivity index (χ4n) is 5.91. The second kappa shape index (κ2) is 14.3. The summed E-state index contributed by atoms with van der Waals surface area (Å²) in [7, 11) is 1.34. The van der Waals surface area contributed by atoms with E-state index in [9.17, 15) is 14.4 Å². The zero-order chi connectivity index (χ0) is 30.0. The number of aryl methyl sites for hydroxylation is 1. The highest BCUT2D eigenvalue weighted by Gasteiger charge is 2.36. The number of hydrogen-bond acceptors (Lipinski definition) is 4. The van der Waals surface area contributed by atoms with Crippen molar-refractivity contribution < 1.29 is 19.1 Å². The third-order valence-electron chi connectivity index (χ3n) is 7.96. The second-order valence-corrected chi connectivity index (χ2v) is 10.9. The molecule has 2 N–H and O–H groups in total. The van der Waals surface area contributed by atoms with Gasteiger partial charge in [-0.2, -0.15) is 0 Å². The van der Waals surface area contributed by atoms with Gasteiger partial charge in [0.25, 0.3) is 0 Å². The van der Waals surface area contributed by atoms with Crippen LogP contribution in [0.3, 0.4) is 0 Å². The quantitative estimate of drug-likeness (QED) is 0.224. The van der Waals surface area contributed by atoms with Crippen LogP contribution in [0.2, 0.25) is 0 Å². The molecule has 7 heteroatoms. The number of nitrogens with one attached hydrogen (secondary N) is 2. The normalized spacial score (nSPS) is 15.6. The van der Waals surface area contributed by atoms with E-state index in [2.05, 4.69) is 53.1 Å². The van der Waals surface area contributed by atoms with Crippen molar-refractivity contribution in [3.05, 3.63) is 137 Å². The molecule has 0 unspecified atom stereocenters. The standard InChI is InChI=1S/C36H37N3O4/c1-43-34(41)23-28-15-10-17-31(22-28)38-36(42)37-24-33(40)39(25-27-13-6-3-7-14-27)35-30(21-26-11-4-2-5-12-26)20-19-29-16-8-9-18-32(29)35/h2-18,22,30,35H,19-21,23-25H2,1H3,(H2,37,38,42)/t30-,35+/m1/s1. The number of amides is 3. The summed E-state index contributed by atoms with van der Waals surface area (Å²) in [6.45, 7) is 0.278. The minimum absolute atomic E-state index is 0.105. The van der Waals surface area contributed by atoms with E-state index in [0.717, 1.165) is 30.4 Å². The Morgan fingerprint density at radius 2 is 1.49 bits per heavy atom. The van der Waals surface area contributed by atoms with Crippen LogP contribution >= 0.6 is 0 Å². The van der Waals surface area contributed by atoms with Crippen LogP contribution in [-0.2, 0) is 40.1 Å². The third kappa shape index (κ3) is 7.89. The number of nitrogens with zero attached hydrogens (tertiary/aromatic N) is 1. The third-order valence-corrected chi connectivity index (χ3v) is 7.96. The number of methoxy groups -OCH3 is 1. The van der Waals surface area contributed by atoms with Crippen molar-refractivity contribution in [2.75, 3.05) is 19.0 Å². The zero-order valence-electron chi connectivity index (χ0n) is 24.4. The molecule has 0 spiro atoms. The Morgan fingerprint density at radius 1 is 0.814 bits per heavy atom. The van der Waals surface area contributed by atoms with Crippen LogP contribution in [0.25, 0.3) is 0 Å². The summed E-state index contributed by atoms with van der Waals surface area (Å²) in [5.74, 6) is -0.296. The number of carbonyl (C=O) groups excluding carboxylic acids is 3. The number of ether oxygens (including phenoxy) is 1. The molecule has 0 bridgehead atoms. The maximum atomic E-state index is 14.1. The van der Waals surface area contributed by atoms with Gasteiger partial charge in [0.15, 0.2) is 0 Å². The van der Waals surface area contributed by atoms with E-state index in [-0.39, 0.29) is 36.8 Å². The smallest absolute Gasteiger partial charge is 0.319 e. The summed E-state index contributed by atoms with van der Waals surface area (Å²) in [4.78, 5) is 40.5. The van der Waals surface area contributed by atoms with Crippen LogP contribution in [0.4, 0.5) is 10.5 Å². The van der Waals surface area contributed by atoms with E-state index in [1.165, 1.54) is 23.8 Å². The van der Waals surface area contributed by atoms with Crippen molar-refractivity contribution in [3.63, 3.8) is 0 Å². The Balaban J connectivity index is 1.36. The van der Waals surface area contributed by atoms with Gasteiger partial charge in [-0.3, -0.25) is 9.59 Å². The molecule has 43 heavy (non-hydrogen) atoms. The molecule has 0 heterocycles. The van der Waals surface area contributed by atoms with Gasteiger partial charge in [-0.15, -0.1) is 0 Å². The molecule has 7 nitrogen and oxygen atoms in total. The molecule has 0 fully saturated rings. The molecular formula is C36H37N3O4. The van der Waals surface area contributed by atoms with E-state index in [1.807, 2.05) is 47.4 Å². The first-order chi connectivity index (χ1) is 21.0. The molecule has 0 radical (unpaired) electrons. The first kappa shape index (κ1) is 29.6. The SMILES string of the molecule is COC(=O)Cc1cccc(NC(=O)NCC(=O)N(Cc2ccccc2)[C@@H]2c3ccccc3CC[C@@H]2Cc2ccccc2)c1. The molecule has 0 aliphatic heterocycles. The van der Waals surface area contributed by atoms with Gasteiger partial charge < -0.3 is 20.3 Å². The first-order valence-corrected chi connectivity index (χ1v) is 14.7. The number of fused-ring (bicyclic) bond motifs is 1. The predicted molar refractivity (Wildman–Crippen MR) is 167 cm³/mol. The molecule has 220 valence electrons. The lowest BCUT2D eigenvalue weighted by Crippen LogP contribution is -2.46. The Labute approximate surface area is 252 Å². The molecule has 0 aromatic heterocycles. The van der Waals surface area contributed by atoms with Gasteiger partial charge in [0, 0.05) is 12.2 Å². The Hall–Kier alpha value is -4.91. The fraction of sp³-hybridized carbons (Fsp3) is 0.250. The fourth-order valence-corrected chi connectivity index (χ4v) is 5.91.